The van der Waals surface area contributed by atoms with Gasteiger partial charge in [0, 0.05) is 0 Å². The number of nitrogens with two attached hydrogens (primary N) is 1. The normalized spacial score (nSPS) is 12.4. The molecule has 5 nitrogen and oxygen atoms in total. The van der Waals surface area contributed by atoms with Gasteiger partial charge in [-0.25, -0.2) is 0 Å². The van der Waals surface area contributed by atoms with Crippen LogP contribution in [0.4, 0.5) is 0 Å². The summed E-state index contributed by atoms with van der Waals surface area (Å²) in [5, 5.41) is 10.3. The minimum absolute atomic E-state index is 0.0810. The Morgan fingerprint density at radius 1 is 1.75 bits per heavy atom. The molecule has 0 aromatic heterocycles. The van der Waals surface area contributed by atoms with E-state index in [0.29, 0.717) is 0 Å². The van der Waals surface area contributed by atoms with Crippen molar-refractivity contribution in [2.45, 2.75) is 0 Å². The van der Waals surface area contributed by atoms with Crippen molar-refractivity contribution in [3.05, 3.63) is 46.5 Å². The van der Waals surface area contributed by atoms with Crippen molar-refractivity contribution in [2.24, 2.45) is 5.73 Å². The van der Waals surface area contributed by atoms with Crippen LogP contribution < -0.4 is 5.73 Å². The molecule has 0 aromatic carbocycles. The number of allylic oxidation sites excluding steroid dienone is 2. The molecule has 0 spiro atoms. The van der Waals surface area contributed by atoms with Gasteiger partial charge in [-0.1, -0.05) is 12.7 Å². The first-order chi connectivity index (χ1) is 5.67. The summed E-state index contributed by atoms with van der Waals surface area (Å²) in [5.41, 5.74) is 4.74. The van der Waals surface area contributed by atoms with Crippen LogP contribution in [0, 0.1) is 10.1 Å². The molecule has 0 saturated heterocycles. The van der Waals surface area contributed by atoms with Crippen molar-refractivity contribution in [1.29, 1.82) is 0 Å². The van der Waals surface area contributed by atoms with Crippen molar-refractivity contribution >= 4 is 0 Å². The van der Waals surface area contributed by atoms with Gasteiger partial charge in [0.1, 0.15) is 0 Å². The Morgan fingerprint density at radius 3 is 2.58 bits per heavy atom. The molecule has 0 aliphatic carbocycles. The Labute approximate surface area is 70.0 Å². The molecule has 0 unspecified atom stereocenters. The number of methoxy groups -OCH3 is 1. The topological polar surface area (TPSA) is 78.4 Å². The summed E-state index contributed by atoms with van der Waals surface area (Å²) in [4.78, 5) is 9.68. The molecular weight excluding hydrogens is 160 g/mol. The van der Waals surface area contributed by atoms with Gasteiger partial charge in [-0.15, -0.1) is 0 Å². The summed E-state index contributed by atoms with van der Waals surface area (Å²) in [6.45, 7) is 3.38. The molecule has 2 N–H and O–H groups in total. The third kappa shape index (κ3) is 2.45. The average molecular weight is 170 g/mol. The molecule has 0 rings (SSSR count). The van der Waals surface area contributed by atoms with Crippen molar-refractivity contribution in [1.82, 2.24) is 0 Å². The lowest BCUT2D eigenvalue weighted by molar-refractivity contribution is -0.424. The van der Waals surface area contributed by atoms with E-state index in [4.69, 9.17) is 10.5 Å². The summed E-state index contributed by atoms with van der Waals surface area (Å²) < 4.78 is 4.70. The van der Waals surface area contributed by atoms with Crippen LogP contribution in [0.5, 0.6) is 0 Å². The summed E-state index contributed by atoms with van der Waals surface area (Å²) in [6, 6.07) is 0. The minimum atomic E-state index is -0.626. The summed E-state index contributed by atoms with van der Waals surface area (Å²) >= 11 is 0. The molecule has 66 valence electrons. The summed E-state index contributed by atoms with van der Waals surface area (Å²) in [7, 11) is 1.32. The van der Waals surface area contributed by atoms with Gasteiger partial charge >= 0.3 is 5.70 Å². The number of hydrogen-bond acceptors (Lipinski definition) is 4. The van der Waals surface area contributed by atoms with E-state index >= 15 is 0 Å². The SMILES string of the molecule is C=C/C=C(OC)\C(=C/N)[N+](=O)[O-]. The Balaban J connectivity index is 4.82. The molecule has 0 aliphatic rings. The lowest BCUT2D eigenvalue weighted by Gasteiger charge is -2.00. The molecule has 0 bridgehead atoms. The molecule has 12 heavy (non-hydrogen) atoms. The highest BCUT2D eigenvalue weighted by Gasteiger charge is 2.15. The van der Waals surface area contributed by atoms with Crippen molar-refractivity contribution < 1.29 is 9.66 Å². The van der Waals surface area contributed by atoms with Crippen LogP contribution in [0.3, 0.4) is 0 Å². The molecule has 0 fully saturated rings. The monoisotopic (exact) mass is 170 g/mol. The van der Waals surface area contributed by atoms with Gasteiger partial charge in [-0.2, -0.15) is 0 Å². The molecule has 0 aliphatic heterocycles. The zero-order valence-electron chi connectivity index (χ0n) is 6.69. The van der Waals surface area contributed by atoms with Crippen LogP contribution in [-0.2, 0) is 4.74 Å². The highest BCUT2D eigenvalue weighted by Crippen LogP contribution is 2.09. The first kappa shape index (κ1) is 10.2. The Morgan fingerprint density at radius 2 is 2.33 bits per heavy atom. The fraction of sp³-hybridized carbons (Fsp3) is 0.143. The van der Waals surface area contributed by atoms with E-state index in [1.807, 2.05) is 0 Å². The molecule has 0 atom stereocenters. The number of nitro groups is 1. The van der Waals surface area contributed by atoms with Gasteiger partial charge < -0.3 is 10.5 Å². The van der Waals surface area contributed by atoms with E-state index in [1.54, 1.807) is 0 Å². The maximum Gasteiger partial charge on any atom is 0.326 e. The number of rotatable bonds is 4. The van der Waals surface area contributed by atoms with Crippen LogP contribution in [0.2, 0.25) is 0 Å². The number of ether oxygens (including phenoxy) is 1. The van der Waals surface area contributed by atoms with E-state index < -0.39 is 4.92 Å². The molecule has 0 amide bonds. The fourth-order valence-electron chi connectivity index (χ4n) is 0.598. The Hall–Kier alpha value is -1.78. The van der Waals surface area contributed by atoms with E-state index in [1.165, 1.54) is 19.3 Å². The number of nitrogens with zero attached hydrogens (tertiary/aromatic N) is 1. The van der Waals surface area contributed by atoms with Gasteiger partial charge in [0.05, 0.1) is 18.2 Å². The van der Waals surface area contributed by atoms with Gasteiger partial charge in [-0.05, 0) is 6.08 Å². The zero-order valence-corrected chi connectivity index (χ0v) is 6.69. The zero-order chi connectivity index (χ0) is 9.56. The van der Waals surface area contributed by atoms with Crippen LogP contribution in [0.25, 0.3) is 0 Å². The smallest absolute Gasteiger partial charge is 0.326 e. The fourth-order valence-corrected chi connectivity index (χ4v) is 0.598. The van der Waals surface area contributed by atoms with Crippen LogP contribution >= 0.6 is 0 Å². The molecular formula is C7H10N2O3. The van der Waals surface area contributed by atoms with E-state index in [2.05, 4.69) is 6.58 Å². The predicted molar refractivity (Wildman–Crippen MR) is 44.6 cm³/mol. The van der Waals surface area contributed by atoms with Crippen molar-refractivity contribution in [2.75, 3.05) is 7.11 Å². The highest BCUT2D eigenvalue weighted by atomic mass is 16.6. The van der Waals surface area contributed by atoms with Crippen molar-refractivity contribution in [3.8, 4) is 0 Å². The second-order valence-corrected chi connectivity index (χ2v) is 1.78. The largest absolute Gasteiger partial charge is 0.490 e. The third-order valence-corrected chi connectivity index (χ3v) is 1.10. The quantitative estimate of drug-likeness (QED) is 0.292. The molecule has 0 aromatic rings. The lowest BCUT2D eigenvalue weighted by atomic mass is 10.3. The Kier molecular flexibility index (Phi) is 4.21. The van der Waals surface area contributed by atoms with Gasteiger partial charge in [0.2, 0.25) is 0 Å². The summed E-state index contributed by atoms with van der Waals surface area (Å²) in [5.74, 6) is 0.0810. The first-order valence-electron chi connectivity index (χ1n) is 3.10. The standard InChI is InChI=1S/C7H10N2O3/c1-3-4-7(12-2)6(5-8)9(10)11/h3-5H,1,8H2,2H3/b6-5+,7-4+. The van der Waals surface area contributed by atoms with E-state index in [-0.39, 0.29) is 11.5 Å². The molecule has 5 heteroatoms. The molecule has 0 radical (unpaired) electrons. The highest BCUT2D eigenvalue weighted by molar-refractivity contribution is 5.21. The second kappa shape index (κ2) is 4.95. The minimum Gasteiger partial charge on any atom is -0.490 e. The van der Waals surface area contributed by atoms with E-state index in [9.17, 15) is 10.1 Å². The second-order valence-electron chi connectivity index (χ2n) is 1.78. The lowest BCUT2D eigenvalue weighted by Crippen LogP contribution is -2.06. The van der Waals surface area contributed by atoms with Gasteiger partial charge in [0.15, 0.2) is 5.76 Å². The average Bonchev–Trinajstić information content (AvgIpc) is 2.03. The third-order valence-electron chi connectivity index (χ3n) is 1.10. The molecule has 0 heterocycles. The number of hydrogen-bond donors (Lipinski definition) is 1. The predicted octanol–water partition coefficient (Wildman–Crippen LogP) is 0.779. The van der Waals surface area contributed by atoms with Crippen LogP contribution in [0.1, 0.15) is 0 Å². The van der Waals surface area contributed by atoms with Gasteiger partial charge in [-0.3, -0.25) is 10.1 Å². The van der Waals surface area contributed by atoms with Crippen LogP contribution in [0.15, 0.2) is 36.4 Å². The van der Waals surface area contributed by atoms with E-state index in [0.717, 1.165) is 6.20 Å². The maximum atomic E-state index is 10.3. The summed E-state index contributed by atoms with van der Waals surface area (Å²) in [6.07, 6.45) is 3.62. The molecule has 0 saturated carbocycles. The van der Waals surface area contributed by atoms with Crippen molar-refractivity contribution in [3.63, 3.8) is 0 Å². The van der Waals surface area contributed by atoms with Crippen LogP contribution in [-0.4, -0.2) is 12.0 Å². The first-order valence-corrected chi connectivity index (χ1v) is 3.10. The Bertz CT molecular complexity index is 243. The van der Waals surface area contributed by atoms with Gasteiger partial charge in [0.25, 0.3) is 0 Å². The maximum absolute atomic E-state index is 10.3.